The Morgan fingerprint density at radius 1 is 0.882 bits per heavy atom. The maximum Gasteiger partial charge on any atom is 0.0832 e. The third-order valence-electron chi connectivity index (χ3n) is 3.14. The molecule has 3 heteroatoms. The Balaban J connectivity index is 1.97. The molecule has 0 bridgehead atoms. The Bertz CT molecular complexity index is 284. The minimum absolute atomic E-state index is 0.133. The molecule has 0 aliphatic carbocycles. The van der Waals surface area contributed by atoms with Crippen LogP contribution in [-0.2, 0) is 13.2 Å². The summed E-state index contributed by atoms with van der Waals surface area (Å²) in [5.41, 5.74) is 1.01. The van der Waals surface area contributed by atoms with Gasteiger partial charge in [-0.3, -0.25) is 0 Å². The summed E-state index contributed by atoms with van der Waals surface area (Å²) in [6, 6.07) is 3.95. The summed E-state index contributed by atoms with van der Waals surface area (Å²) >= 11 is 0. The van der Waals surface area contributed by atoms with Gasteiger partial charge in [0.05, 0.1) is 6.61 Å². The molecular weight excluding hydrogens is 214 g/mol. The number of rotatable bonds is 10. The summed E-state index contributed by atoms with van der Waals surface area (Å²) in [5.74, 6) is 0. The smallest absolute Gasteiger partial charge is 0.0832 e. The third kappa shape index (κ3) is 5.89. The Hall–Kier alpha value is -0.800. The summed E-state index contributed by atoms with van der Waals surface area (Å²) in [5, 5.41) is 17.7. The molecule has 0 atom stereocenters. The van der Waals surface area contributed by atoms with Crippen molar-refractivity contribution < 1.29 is 10.2 Å². The number of aliphatic hydroxyl groups excluding tert-OH is 2. The second-order valence-corrected chi connectivity index (χ2v) is 4.55. The summed E-state index contributed by atoms with van der Waals surface area (Å²) in [7, 11) is 0. The zero-order valence-corrected chi connectivity index (χ0v) is 10.6. The Kier molecular flexibility index (Phi) is 7.76. The molecule has 1 aromatic heterocycles. The fourth-order valence-electron chi connectivity index (χ4n) is 2.09. The lowest BCUT2D eigenvalue weighted by Crippen LogP contribution is -2.01. The lowest BCUT2D eigenvalue weighted by molar-refractivity contribution is 0.270. The summed E-state index contributed by atoms with van der Waals surface area (Å²) in [4.78, 5) is 0. The van der Waals surface area contributed by atoms with Crippen molar-refractivity contribution in [1.29, 1.82) is 0 Å². The highest BCUT2D eigenvalue weighted by molar-refractivity contribution is 5.05. The van der Waals surface area contributed by atoms with E-state index in [1.54, 1.807) is 0 Å². The van der Waals surface area contributed by atoms with Gasteiger partial charge in [-0.1, -0.05) is 32.1 Å². The van der Waals surface area contributed by atoms with E-state index in [4.69, 9.17) is 10.2 Å². The number of aliphatic hydroxyl groups is 2. The number of aromatic nitrogens is 1. The van der Waals surface area contributed by atoms with Crippen molar-refractivity contribution in [3.8, 4) is 0 Å². The predicted octanol–water partition coefficient (Wildman–Crippen LogP) is 2.70. The second-order valence-electron chi connectivity index (χ2n) is 4.55. The predicted molar refractivity (Wildman–Crippen MR) is 69.8 cm³/mol. The van der Waals surface area contributed by atoms with Gasteiger partial charge >= 0.3 is 0 Å². The SMILES string of the molecule is OCCCCCCCCCn1cccc1CO. The van der Waals surface area contributed by atoms with Gasteiger partial charge in [0, 0.05) is 25.0 Å². The first-order chi connectivity index (χ1) is 8.38. The monoisotopic (exact) mass is 239 g/mol. The van der Waals surface area contributed by atoms with E-state index in [0.29, 0.717) is 6.61 Å². The molecule has 3 nitrogen and oxygen atoms in total. The number of hydrogen-bond donors (Lipinski definition) is 2. The van der Waals surface area contributed by atoms with E-state index in [1.165, 1.54) is 32.1 Å². The summed E-state index contributed by atoms with van der Waals surface area (Å²) in [6.45, 7) is 1.48. The molecule has 0 aliphatic heterocycles. The molecule has 0 spiro atoms. The average Bonchev–Trinajstić information content (AvgIpc) is 2.80. The molecule has 0 radical (unpaired) electrons. The molecule has 1 heterocycles. The maximum atomic E-state index is 9.09. The van der Waals surface area contributed by atoms with E-state index in [-0.39, 0.29) is 6.61 Å². The molecule has 98 valence electrons. The highest BCUT2D eigenvalue weighted by Gasteiger charge is 1.98. The fourth-order valence-corrected chi connectivity index (χ4v) is 2.09. The molecule has 0 aromatic carbocycles. The van der Waals surface area contributed by atoms with Gasteiger partial charge in [-0.15, -0.1) is 0 Å². The first kappa shape index (κ1) is 14.3. The van der Waals surface area contributed by atoms with Crippen molar-refractivity contribution in [1.82, 2.24) is 4.57 Å². The largest absolute Gasteiger partial charge is 0.396 e. The van der Waals surface area contributed by atoms with Crippen LogP contribution in [0.15, 0.2) is 18.3 Å². The molecule has 17 heavy (non-hydrogen) atoms. The van der Waals surface area contributed by atoms with Crippen molar-refractivity contribution in [3.05, 3.63) is 24.0 Å². The van der Waals surface area contributed by atoms with Crippen LogP contribution in [0, 0.1) is 0 Å². The van der Waals surface area contributed by atoms with Crippen LogP contribution in [0.5, 0.6) is 0 Å². The van der Waals surface area contributed by atoms with E-state index in [0.717, 1.165) is 25.1 Å². The van der Waals surface area contributed by atoms with Gasteiger partial charge in [-0.05, 0) is 25.0 Å². The standard InChI is InChI=1S/C14H25NO2/c16-12-7-5-3-1-2-4-6-10-15-11-8-9-14(15)13-17/h8-9,11,16-17H,1-7,10,12-13H2. The number of aryl methyl sites for hydroxylation is 1. The van der Waals surface area contributed by atoms with Gasteiger partial charge in [0.15, 0.2) is 0 Å². The van der Waals surface area contributed by atoms with Crippen LogP contribution in [0.3, 0.4) is 0 Å². The van der Waals surface area contributed by atoms with Gasteiger partial charge in [-0.25, -0.2) is 0 Å². The van der Waals surface area contributed by atoms with Crippen LogP contribution in [0.1, 0.15) is 50.6 Å². The van der Waals surface area contributed by atoms with Crippen molar-refractivity contribution >= 4 is 0 Å². The molecule has 0 fully saturated rings. The minimum atomic E-state index is 0.133. The molecule has 0 unspecified atom stereocenters. The zero-order chi connectivity index (χ0) is 12.3. The zero-order valence-electron chi connectivity index (χ0n) is 10.6. The number of unbranched alkanes of at least 4 members (excludes halogenated alkanes) is 6. The first-order valence-corrected chi connectivity index (χ1v) is 6.74. The highest BCUT2D eigenvalue weighted by atomic mass is 16.3. The highest BCUT2D eigenvalue weighted by Crippen LogP contribution is 2.09. The van der Waals surface area contributed by atoms with Crippen LogP contribution in [0.25, 0.3) is 0 Å². The van der Waals surface area contributed by atoms with Gasteiger partial charge in [-0.2, -0.15) is 0 Å². The molecule has 1 aromatic rings. The fraction of sp³-hybridized carbons (Fsp3) is 0.714. The Morgan fingerprint density at radius 2 is 1.53 bits per heavy atom. The van der Waals surface area contributed by atoms with Crippen LogP contribution in [0.2, 0.25) is 0 Å². The number of hydrogen-bond acceptors (Lipinski definition) is 2. The maximum absolute atomic E-state index is 9.09. The van der Waals surface area contributed by atoms with Crippen LogP contribution < -0.4 is 0 Å². The average molecular weight is 239 g/mol. The van der Waals surface area contributed by atoms with Gasteiger partial charge in [0.25, 0.3) is 0 Å². The van der Waals surface area contributed by atoms with E-state index in [1.807, 2.05) is 18.3 Å². The normalized spacial score (nSPS) is 10.9. The molecule has 0 aliphatic rings. The van der Waals surface area contributed by atoms with E-state index < -0.39 is 0 Å². The van der Waals surface area contributed by atoms with Crippen molar-refractivity contribution in [2.24, 2.45) is 0 Å². The Labute approximate surface area is 104 Å². The van der Waals surface area contributed by atoms with Crippen molar-refractivity contribution in [3.63, 3.8) is 0 Å². The molecule has 0 saturated heterocycles. The lowest BCUT2D eigenvalue weighted by atomic mass is 10.1. The number of nitrogens with zero attached hydrogens (tertiary/aromatic N) is 1. The second kappa shape index (κ2) is 9.25. The molecule has 2 N–H and O–H groups in total. The van der Waals surface area contributed by atoms with Crippen LogP contribution >= 0.6 is 0 Å². The molecular formula is C14H25NO2. The topological polar surface area (TPSA) is 45.4 Å². The minimum Gasteiger partial charge on any atom is -0.396 e. The third-order valence-corrected chi connectivity index (χ3v) is 3.14. The lowest BCUT2D eigenvalue weighted by Gasteiger charge is -2.07. The van der Waals surface area contributed by atoms with E-state index in [9.17, 15) is 0 Å². The van der Waals surface area contributed by atoms with Crippen LogP contribution in [0.4, 0.5) is 0 Å². The quantitative estimate of drug-likeness (QED) is 0.617. The molecule has 1 rings (SSSR count). The van der Waals surface area contributed by atoms with E-state index in [2.05, 4.69) is 4.57 Å². The van der Waals surface area contributed by atoms with Gasteiger partial charge in [0.1, 0.15) is 0 Å². The van der Waals surface area contributed by atoms with Gasteiger partial charge < -0.3 is 14.8 Å². The Morgan fingerprint density at radius 3 is 2.18 bits per heavy atom. The van der Waals surface area contributed by atoms with E-state index >= 15 is 0 Å². The summed E-state index contributed by atoms with van der Waals surface area (Å²) in [6.07, 6.45) is 10.4. The van der Waals surface area contributed by atoms with Gasteiger partial charge in [0.2, 0.25) is 0 Å². The van der Waals surface area contributed by atoms with Crippen LogP contribution in [-0.4, -0.2) is 21.4 Å². The first-order valence-electron chi connectivity index (χ1n) is 6.74. The van der Waals surface area contributed by atoms with Crippen molar-refractivity contribution in [2.75, 3.05) is 6.61 Å². The summed E-state index contributed by atoms with van der Waals surface area (Å²) < 4.78 is 2.13. The molecule has 0 saturated carbocycles. The molecule has 0 amide bonds. The van der Waals surface area contributed by atoms with Crippen molar-refractivity contribution in [2.45, 2.75) is 58.1 Å².